The number of likely N-dealkylation sites (tertiary alicyclic amines) is 1. The SMILES string of the molecule is C[C@@H]1CCC[C@H](N2CCN(C3CCN(Cc4ccccc4)CC3)CC2)C1. The molecule has 1 saturated carbocycles. The summed E-state index contributed by atoms with van der Waals surface area (Å²) in [4.78, 5) is 8.27. The first kappa shape index (κ1) is 18.5. The van der Waals surface area contributed by atoms with E-state index in [0.717, 1.165) is 24.5 Å². The number of nitrogens with zero attached hydrogens (tertiary/aromatic N) is 3. The zero-order chi connectivity index (χ0) is 17.8. The summed E-state index contributed by atoms with van der Waals surface area (Å²) in [5, 5.41) is 0. The predicted molar refractivity (Wildman–Crippen MR) is 109 cm³/mol. The van der Waals surface area contributed by atoms with Gasteiger partial charge in [-0.05, 0) is 50.3 Å². The van der Waals surface area contributed by atoms with Crippen LogP contribution in [0.25, 0.3) is 0 Å². The normalized spacial score (nSPS) is 30.5. The summed E-state index contributed by atoms with van der Waals surface area (Å²) in [6, 6.07) is 12.7. The first-order valence-corrected chi connectivity index (χ1v) is 11.0. The van der Waals surface area contributed by atoms with E-state index >= 15 is 0 Å². The minimum absolute atomic E-state index is 0.828. The molecule has 0 spiro atoms. The Kier molecular flexibility index (Phi) is 6.29. The molecule has 0 unspecified atom stereocenters. The summed E-state index contributed by atoms with van der Waals surface area (Å²) in [5.41, 5.74) is 1.46. The van der Waals surface area contributed by atoms with E-state index in [1.54, 1.807) is 0 Å². The van der Waals surface area contributed by atoms with Crippen molar-refractivity contribution in [3.63, 3.8) is 0 Å². The molecule has 3 heteroatoms. The fourth-order valence-electron chi connectivity index (χ4n) is 5.49. The minimum atomic E-state index is 0.828. The Labute approximate surface area is 160 Å². The summed E-state index contributed by atoms with van der Waals surface area (Å²) < 4.78 is 0. The second-order valence-electron chi connectivity index (χ2n) is 8.99. The van der Waals surface area contributed by atoms with Crippen molar-refractivity contribution >= 4 is 0 Å². The van der Waals surface area contributed by atoms with Crippen molar-refractivity contribution in [1.82, 2.24) is 14.7 Å². The van der Waals surface area contributed by atoms with Crippen LogP contribution < -0.4 is 0 Å². The second-order valence-corrected chi connectivity index (χ2v) is 8.99. The standard InChI is InChI=1S/C23H37N3/c1-20-6-5-9-23(18-20)26-16-14-25(15-17-26)22-10-12-24(13-11-22)19-21-7-3-2-4-8-21/h2-4,7-8,20,22-23H,5-6,9-19H2,1H3/t20-,23+/m1/s1. The molecule has 2 atom stereocenters. The van der Waals surface area contributed by atoms with Gasteiger partial charge in [0.25, 0.3) is 0 Å². The highest BCUT2D eigenvalue weighted by Crippen LogP contribution is 2.28. The summed E-state index contributed by atoms with van der Waals surface area (Å²) in [5.74, 6) is 0.945. The topological polar surface area (TPSA) is 9.72 Å². The van der Waals surface area contributed by atoms with E-state index < -0.39 is 0 Å². The number of piperazine rings is 1. The van der Waals surface area contributed by atoms with Gasteiger partial charge in [-0.25, -0.2) is 0 Å². The molecule has 0 aromatic heterocycles. The lowest BCUT2D eigenvalue weighted by atomic mass is 9.86. The van der Waals surface area contributed by atoms with Crippen molar-refractivity contribution in [3.05, 3.63) is 35.9 Å². The van der Waals surface area contributed by atoms with E-state index in [-0.39, 0.29) is 0 Å². The van der Waals surface area contributed by atoms with Crippen LogP contribution in [-0.2, 0) is 6.54 Å². The first-order valence-electron chi connectivity index (χ1n) is 11.0. The Morgan fingerprint density at radius 2 is 1.42 bits per heavy atom. The zero-order valence-corrected chi connectivity index (χ0v) is 16.7. The van der Waals surface area contributed by atoms with Gasteiger partial charge in [-0.1, -0.05) is 50.1 Å². The van der Waals surface area contributed by atoms with E-state index in [4.69, 9.17) is 0 Å². The van der Waals surface area contributed by atoms with Crippen molar-refractivity contribution in [1.29, 1.82) is 0 Å². The molecule has 2 saturated heterocycles. The van der Waals surface area contributed by atoms with Crippen molar-refractivity contribution in [2.24, 2.45) is 5.92 Å². The molecule has 0 radical (unpaired) electrons. The molecule has 1 aromatic carbocycles. The van der Waals surface area contributed by atoms with Crippen LogP contribution >= 0.6 is 0 Å². The lowest BCUT2D eigenvalue weighted by Gasteiger charge is -2.46. The number of benzene rings is 1. The third-order valence-corrected chi connectivity index (χ3v) is 7.10. The second kappa shape index (κ2) is 8.86. The molecule has 4 rings (SSSR count). The van der Waals surface area contributed by atoms with Crippen LogP contribution in [0.4, 0.5) is 0 Å². The highest BCUT2D eigenvalue weighted by molar-refractivity contribution is 5.14. The minimum Gasteiger partial charge on any atom is -0.299 e. The number of hydrogen-bond donors (Lipinski definition) is 0. The van der Waals surface area contributed by atoms with Crippen molar-refractivity contribution in [2.75, 3.05) is 39.3 Å². The highest BCUT2D eigenvalue weighted by atomic mass is 15.3. The maximum atomic E-state index is 2.82. The summed E-state index contributed by atoms with van der Waals surface area (Å²) in [6.07, 6.45) is 8.50. The van der Waals surface area contributed by atoms with Crippen LogP contribution in [-0.4, -0.2) is 66.1 Å². The molecular formula is C23H37N3. The molecule has 2 aliphatic heterocycles. The van der Waals surface area contributed by atoms with Crippen molar-refractivity contribution < 1.29 is 0 Å². The van der Waals surface area contributed by atoms with E-state index in [2.05, 4.69) is 52.0 Å². The third-order valence-electron chi connectivity index (χ3n) is 7.10. The Morgan fingerprint density at radius 1 is 0.769 bits per heavy atom. The molecule has 2 heterocycles. The van der Waals surface area contributed by atoms with Gasteiger partial charge in [0.1, 0.15) is 0 Å². The average Bonchev–Trinajstić information content (AvgIpc) is 2.70. The van der Waals surface area contributed by atoms with Gasteiger partial charge < -0.3 is 0 Å². The highest BCUT2D eigenvalue weighted by Gasteiger charge is 2.31. The molecular weight excluding hydrogens is 318 g/mol. The van der Waals surface area contributed by atoms with Crippen LogP contribution in [0.1, 0.15) is 51.0 Å². The van der Waals surface area contributed by atoms with Crippen LogP contribution in [0.3, 0.4) is 0 Å². The first-order chi connectivity index (χ1) is 12.8. The maximum absolute atomic E-state index is 2.82. The molecule has 1 aliphatic carbocycles. The van der Waals surface area contributed by atoms with Gasteiger partial charge in [-0.2, -0.15) is 0 Å². The van der Waals surface area contributed by atoms with Gasteiger partial charge >= 0.3 is 0 Å². The molecule has 3 nitrogen and oxygen atoms in total. The van der Waals surface area contributed by atoms with Gasteiger partial charge in [-0.15, -0.1) is 0 Å². The van der Waals surface area contributed by atoms with Crippen LogP contribution in [0.2, 0.25) is 0 Å². The van der Waals surface area contributed by atoms with Crippen LogP contribution in [0, 0.1) is 5.92 Å². The predicted octanol–water partition coefficient (Wildman–Crippen LogP) is 3.85. The zero-order valence-electron chi connectivity index (χ0n) is 16.7. The number of piperidine rings is 1. The fraction of sp³-hybridized carbons (Fsp3) is 0.739. The Morgan fingerprint density at radius 3 is 2.08 bits per heavy atom. The quantitative estimate of drug-likeness (QED) is 0.812. The lowest BCUT2D eigenvalue weighted by molar-refractivity contribution is 0.0290. The summed E-state index contributed by atoms with van der Waals surface area (Å²) in [6.45, 7) is 11.3. The molecule has 0 bridgehead atoms. The third kappa shape index (κ3) is 4.68. The van der Waals surface area contributed by atoms with Gasteiger partial charge in [0.2, 0.25) is 0 Å². The molecule has 26 heavy (non-hydrogen) atoms. The average molecular weight is 356 g/mol. The fourth-order valence-corrected chi connectivity index (χ4v) is 5.49. The number of hydrogen-bond acceptors (Lipinski definition) is 3. The van der Waals surface area contributed by atoms with Crippen molar-refractivity contribution in [2.45, 2.75) is 64.1 Å². The molecule has 1 aromatic rings. The van der Waals surface area contributed by atoms with Crippen LogP contribution in [0.5, 0.6) is 0 Å². The Balaban J connectivity index is 1.20. The van der Waals surface area contributed by atoms with E-state index in [9.17, 15) is 0 Å². The number of rotatable bonds is 4. The monoisotopic (exact) mass is 355 g/mol. The summed E-state index contributed by atoms with van der Waals surface area (Å²) >= 11 is 0. The molecule has 0 amide bonds. The molecule has 0 N–H and O–H groups in total. The molecule has 3 fully saturated rings. The molecule has 144 valence electrons. The van der Waals surface area contributed by atoms with Gasteiger partial charge in [0, 0.05) is 44.8 Å². The summed E-state index contributed by atoms with van der Waals surface area (Å²) in [7, 11) is 0. The molecule has 3 aliphatic rings. The van der Waals surface area contributed by atoms with Crippen molar-refractivity contribution in [3.8, 4) is 0 Å². The van der Waals surface area contributed by atoms with Crippen LogP contribution in [0.15, 0.2) is 30.3 Å². The van der Waals surface area contributed by atoms with E-state index in [0.29, 0.717) is 0 Å². The Bertz CT molecular complexity index is 530. The van der Waals surface area contributed by atoms with Gasteiger partial charge in [0.05, 0.1) is 0 Å². The lowest BCUT2D eigenvalue weighted by Crippen LogP contribution is -2.55. The van der Waals surface area contributed by atoms with E-state index in [1.165, 1.54) is 83.4 Å². The smallest absolute Gasteiger partial charge is 0.0233 e. The van der Waals surface area contributed by atoms with E-state index in [1.807, 2.05) is 0 Å². The maximum Gasteiger partial charge on any atom is 0.0233 e. The largest absolute Gasteiger partial charge is 0.299 e. The van der Waals surface area contributed by atoms with Gasteiger partial charge in [0.15, 0.2) is 0 Å². The Hall–Kier alpha value is -0.900. The van der Waals surface area contributed by atoms with Gasteiger partial charge in [-0.3, -0.25) is 14.7 Å².